The summed E-state index contributed by atoms with van der Waals surface area (Å²) in [6.07, 6.45) is 0. The topological polar surface area (TPSA) is 118 Å². The summed E-state index contributed by atoms with van der Waals surface area (Å²) in [6, 6.07) is 14.0. The number of non-ortho nitro benzene ring substituents is 1. The van der Waals surface area contributed by atoms with Crippen LogP contribution < -0.4 is 10.6 Å². The molecule has 0 saturated carbocycles. The molecule has 0 atom stereocenters. The molecule has 166 valence electrons. The molecule has 11 heteroatoms. The van der Waals surface area contributed by atoms with Crippen LogP contribution in [-0.2, 0) is 15.6 Å². The number of nitro benzene ring substituents is 1. The Morgan fingerprint density at radius 3 is 2.31 bits per heavy atom. The van der Waals surface area contributed by atoms with Gasteiger partial charge in [0.15, 0.2) is 9.84 Å². The number of carbonyl (C=O) groups is 1. The van der Waals surface area contributed by atoms with Gasteiger partial charge in [-0.3, -0.25) is 10.1 Å². The molecule has 0 heterocycles. The fourth-order valence-corrected chi connectivity index (χ4v) is 4.89. The zero-order valence-corrected chi connectivity index (χ0v) is 19.0. The van der Waals surface area contributed by atoms with Crippen LogP contribution in [0.2, 0.25) is 10.0 Å². The maximum Gasteiger partial charge on any atom is 0.323 e. The van der Waals surface area contributed by atoms with Crippen LogP contribution in [0.3, 0.4) is 0 Å². The van der Waals surface area contributed by atoms with Crippen molar-refractivity contribution in [1.29, 1.82) is 0 Å². The van der Waals surface area contributed by atoms with E-state index in [4.69, 9.17) is 23.2 Å². The van der Waals surface area contributed by atoms with E-state index >= 15 is 0 Å². The van der Waals surface area contributed by atoms with E-state index in [9.17, 15) is 23.3 Å². The maximum absolute atomic E-state index is 12.9. The zero-order valence-electron chi connectivity index (χ0n) is 16.6. The lowest BCUT2D eigenvalue weighted by molar-refractivity contribution is -0.384. The highest BCUT2D eigenvalue weighted by Gasteiger charge is 2.19. The van der Waals surface area contributed by atoms with Crippen LogP contribution in [0, 0.1) is 17.0 Å². The number of aryl methyl sites for hydroxylation is 1. The van der Waals surface area contributed by atoms with Crippen LogP contribution in [-0.4, -0.2) is 19.4 Å². The van der Waals surface area contributed by atoms with Gasteiger partial charge in [0.05, 0.1) is 26.3 Å². The van der Waals surface area contributed by atoms with E-state index in [2.05, 4.69) is 10.6 Å². The van der Waals surface area contributed by atoms with Crippen molar-refractivity contribution < 1.29 is 18.1 Å². The molecule has 8 nitrogen and oxygen atoms in total. The Labute approximate surface area is 194 Å². The number of nitro groups is 1. The first-order chi connectivity index (χ1) is 15.0. The minimum atomic E-state index is -3.69. The molecule has 0 aliphatic heterocycles. The first-order valence-corrected chi connectivity index (χ1v) is 11.6. The Hall–Kier alpha value is -3.14. The van der Waals surface area contributed by atoms with E-state index in [1.165, 1.54) is 18.2 Å². The molecule has 0 bridgehead atoms. The molecule has 0 aliphatic carbocycles. The van der Waals surface area contributed by atoms with Crippen molar-refractivity contribution >= 4 is 56.1 Å². The molecule has 0 aliphatic rings. The van der Waals surface area contributed by atoms with Gasteiger partial charge in [0.2, 0.25) is 0 Å². The summed E-state index contributed by atoms with van der Waals surface area (Å²) in [6.45, 7) is 1.66. The van der Waals surface area contributed by atoms with Crippen LogP contribution in [0.4, 0.5) is 21.9 Å². The van der Waals surface area contributed by atoms with Gasteiger partial charge < -0.3 is 10.6 Å². The fourth-order valence-electron chi connectivity index (χ4n) is 2.89. The van der Waals surface area contributed by atoms with Gasteiger partial charge in [-0.1, -0.05) is 41.4 Å². The summed E-state index contributed by atoms with van der Waals surface area (Å²) in [7, 11) is -3.69. The molecule has 0 fully saturated rings. The molecular formula is C21H17Cl2N3O5S. The highest BCUT2D eigenvalue weighted by Crippen LogP contribution is 2.28. The Kier molecular flexibility index (Phi) is 7.02. The number of benzene rings is 3. The minimum absolute atomic E-state index is 0.00973. The molecule has 0 radical (unpaired) electrons. The number of nitrogens with zero attached hydrogens (tertiary/aromatic N) is 1. The molecule has 3 aromatic carbocycles. The number of hydrogen-bond acceptors (Lipinski definition) is 5. The molecule has 0 aromatic heterocycles. The van der Waals surface area contributed by atoms with Gasteiger partial charge in [-0.15, -0.1) is 0 Å². The van der Waals surface area contributed by atoms with E-state index in [1.54, 1.807) is 43.3 Å². The fraction of sp³-hybridized carbons (Fsp3) is 0.0952. The Bertz CT molecular complexity index is 1300. The minimum Gasteiger partial charge on any atom is -0.308 e. The molecule has 0 unspecified atom stereocenters. The van der Waals surface area contributed by atoms with Crippen molar-refractivity contribution in [2.45, 2.75) is 17.6 Å². The summed E-state index contributed by atoms with van der Waals surface area (Å²) in [5.41, 5.74) is 1.31. The molecule has 0 spiro atoms. The quantitative estimate of drug-likeness (QED) is 0.330. The van der Waals surface area contributed by atoms with Crippen molar-refractivity contribution in [2.24, 2.45) is 0 Å². The average molecular weight is 494 g/mol. The predicted octanol–water partition coefficient (Wildman–Crippen LogP) is 5.83. The number of halogens is 2. The number of hydrogen-bond donors (Lipinski definition) is 2. The summed E-state index contributed by atoms with van der Waals surface area (Å²) >= 11 is 11.8. The third-order valence-corrected chi connectivity index (χ3v) is 6.85. The van der Waals surface area contributed by atoms with E-state index in [0.717, 1.165) is 6.07 Å². The standard InChI is InChI=1S/C21H17Cl2N3O5S/c1-13-2-7-16(10-20(13)32(30,31)12-14-3-5-15(22)6-4-14)24-21(27)25-19-9-8-17(26(28)29)11-18(19)23/h2-11H,12H2,1H3,(H2,24,25,27). The third kappa shape index (κ3) is 5.76. The van der Waals surface area contributed by atoms with Crippen LogP contribution in [0.15, 0.2) is 65.6 Å². The lowest BCUT2D eigenvalue weighted by atomic mass is 10.2. The van der Waals surface area contributed by atoms with Gasteiger partial charge in [0.1, 0.15) is 0 Å². The molecule has 32 heavy (non-hydrogen) atoms. The van der Waals surface area contributed by atoms with Crippen LogP contribution in [0.5, 0.6) is 0 Å². The molecule has 2 N–H and O–H groups in total. The lowest BCUT2D eigenvalue weighted by Gasteiger charge is -2.12. The normalized spacial score (nSPS) is 11.1. The van der Waals surface area contributed by atoms with Gasteiger partial charge in [0.25, 0.3) is 5.69 Å². The van der Waals surface area contributed by atoms with E-state index in [-0.39, 0.29) is 32.7 Å². The second-order valence-corrected chi connectivity index (χ2v) is 9.67. The molecule has 3 rings (SSSR count). The van der Waals surface area contributed by atoms with E-state index < -0.39 is 20.8 Å². The summed E-state index contributed by atoms with van der Waals surface area (Å²) in [4.78, 5) is 22.6. The molecular weight excluding hydrogens is 477 g/mol. The first kappa shape index (κ1) is 23.5. The van der Waals surface area contributed by atoms with Crippen molar-refractivity contribution in [3.05, 3.63) is 92.0 Å². The predicted molar refractivity (Wildman–Crippen MR) is 124 cm³/mol. The van der Waals surface area contributed by atoms with E-state index in [0.29, 0.717) is 16.1 Å². The maximum atomic E-state index is 12.9. The number of amides is 2. The Morgan fingerprint density at radius 2 is 1.69 bits per heavy atom. The monoisotopic (exact) mass is 493 g/mol. The van der Waals surface area contributed by atoms with Crippen LogP contribution >= 0.6 is 23.2 Å². The van der Waals surface area contributed by atoms with Gasteiger partial charge in [-0.2, -0.15) is 0 Å². The van der Waals surface area contributed by atoms with Gasteiger partial charge in [-0.25, -0.2) is 13.2 Å². The van der Waals surface area contributed by atoms with E-state index in [1.807, 2.05) is 0 Å². The first-order valence-electron chi connectivity index (χ1n) is 9.15. The Morgan fingerprint density at radius 1 is 1.00 bits per heavy atom. The highest BCUT2D eigenvalue weighted by molar-refractivity contribution is 7.90. The second kappa shape index (κ2) is 9.56. The largest absolute Gasteiger partial charge is 0.323 e. The number of urea groups is 1. The van der Waals surface area contributed by atoms with Gasteiger partial charge >= 0.3 is 6.03 Å². The van der Waals surface area contributed by atoms with Gasteiger partial charge in [0, 0.05) is 22.8 Å². The summed E-state index contributed by atoms with van der Waals surface area (Å²) in [5.74, 6) is -0.223. The summed E-state index contributed by atoms with van der Waals surface area (Å²) < 4.78 is 25.9. The average Bonchev–Trinajstić information content (AvgIpc) is 2.72. The summed E-state index contributed by atoms with van der Waals surface area (Å²) in [5, 5.41) is 16.3. The number of carbonyl (C=O) groups excluding carboxylic acids is 1. The van der Waals surface area contributed by atoms with Crippen molar-refractivity contribution in [3.63, 3.8) is 0 Å². The van der Waals surface area contributed by atoms with Crippen molar-refractivity contribution in [3.8, 4) is 0 Å². The third-order valence-electron chi connectivity index (χ3n) is 4.46. The zero-order chi connectivity index (χ0) is 23.5. The Balaban J connectivity index is 1.77. The SMILES string of the molecule is Cc1ccc(NC(=O)Nc2ccc([N+](=O)[O-])cc2Cl)cc1S(=O)(=O)Cc1ccc(Cl)cc1. The van der Waals surface area contributed by atoms with Crippen molar-refractivity contribution in [2.75, 3.05) is 10.6 Å². The number of sulfone groups is 1. The van der Waals surface area contributed by atoms with Crippen LogP contribution in [0.1, 0.15) is 11.1 Å². The van der Waals surface area contributed by atoms with Crippen LogP contribution in [0.25, 0.3) is 0 Å². The molecule has 0 saturated heterocycles. The molecule has 3 aromatic rings. The number of nitrogens with one attached hydrogen (secondary N) is 2. The second-order valence-electron chi connectivity index (χ2n) is 6.87. The van der Waals surface area contributed by atoms with Crippen molar-refractivity contribution in [1.82, 2.24) is 0 Å². The number of anilines is 2. The lowest BCUT2D eigenvalue weighted by Crippen LogP contribution is -2.20. The van der Waals surface area contributed by atoms with Gasteiger partial charge in [-0.05, 0) is 48.4 Å². The molecule has 2 amide bonds. The smallest absolute Gasteiger partial charge is 0.308 e. The number of rotatable bonds is 6. The highest BCUT2D eigenvalue weighted by atomic mass is 35.5.